The van der Waals surface area contributed by atoms with Crippen LogP contribution >= 0.6 is 22.7 Å². The first kappa shape index (κ1) is 15.2. The van der Waals surface area contributed by atoms with Gasteiger partial charge in [-0.2, -0.15) is 0 Å². The topological polar surface area (TPSA) is 25.8 Å². The molecule has 2 aromatic carbocycles. The van der Waals surface area contributed by atoms with Crippen LogP contribution in [0.5, 0.6) is 0 Å². The number of aryl methyl sites for hydroxylation is 1. The summed E-state index contributed by atoms with van der Waals surface area (Å²) in [4.78, 5) is 10.5. The van der Waals surface area contributed by atoms with Crippen LogP contribution in [0.1, 0.15) is 5.69 Å². The predicted octanol–water partition coefficient (Wildman–Crippen LogP) is 6.05. The highest BCUT2D eigenvalue weighted by Gasteiger charge is 2.15. The van der Waals surface area contributed by atoms with Gasteiger partial charge in [0.25, 0.3) is 0 Å². The minimum Gasteiger partial charge on any atom is -0.241 e. The number of aromatic nitrogens is 2. The third-order valence-corrected chi connectivity index (χ3v) is 5.86. The summed E-state index contributed by atoms with van der Waals surface area (Å²) in [6, 6.07) is 16.6. The molecule has 5 heteroatoms. The average Bonchev–Trinajstić information content (AvgIpc) is 3.23. The second-order valence-electron chi connectivity index (χ2n) is 5.34. The van der Waals surface area contributed by atoms with Crippen LogP contribution in [0, 0.1) is 12.7 Å². The molecular weight excluding hydrogens is 339 g/mol. The third-order valence-electron chi connectivity index (χ3n) is 3.66. The standard InChI is InChI=1S/C19H13FN2S2/c1-12-17(24-18(21-12)14-5-3-2-4-6-14)19-22-16(11-23-19)13-7-9-15(20)10-8-13/h2-11H,1H3. The Bertz CT molecular complexity index is 972. The van der Waals surface area contributed by atoms with Gasteiger partial charge in [-0.05, 0) is 31.2 Å². The van der Waals surface area contributed by atoms with Crippen LogP contribution in [0.2, 0.25) is 0 Å². The molecular formula is C19H13FN2S2. The van der Waals surface area contributed by atoms with Crippen molar-refractivity contribution < 1.29 is 4.39 Å². The summed E-state index contributed by atoms with van der Waals surface area (Å²) in [5.41, 5.74) is 3.89. The Labute approximate surface area is 147 Å². The van der Waals surface area contributed by atoms with Crippen LogP contribution in [0.15, 0.2) is 60.0 Å². The normalized spacial score (nSPS) is 10.9. The van der Waals surface area contributed by atoms with E-state index in [1.54, 1.807) is 34.8 Å². The Hall–Kier alpha value is -2.37. The number of rotatable bonds is 3. The van der Waals surface area contributed by atoms with E-state index in [1.165, 1.54) is 12.1 Å². The molecule has 0 saturated carbocycles. The van der Waals surface area contributed by atoms with Gasteiger partial charge in [0.2, 0.25) is 0 Å². The number of hydrogen-bond donors (Lipinski definition) is 0. The zero-order chi connectivity index (χ0) is 16.5. The van der Waals surface area contributed by atoms with E-state index in [9.17, 15) is 4.39 Å². The molecule has 0 aliphatic carbocycles. The number of nitrogens with zero attached hydrogens (tertiary/aromatic N) is 2. The first-order valence-electron chi connectivity index (χ1n) is 7.45. The molecule has 0 radical (unpaired) electrons. The lowest BCUT2D eigenvalue weighted by Crippen LogP contribution is -1.80. The summed E-state index contributed by atoms with van der Waals surface area (Å²) < 4.78 is 13.1. The van der Waals surface area contributed by atoms with E-state index in [2.05, 4.69) is 17.1 Å². The van der Waals surface area contributed by atoms with Crippen molar-refractivity contribution in [2.75, 3.05) is 0 Å². The monoisotopic (exact) mass is 352 g/mol. The first-order valence-corrected chi connectivity index (χ1v) is 9.15. The van der Waals surface area contributed by atoms with Crippen molar-refractivity contribution in [1.82, 2.24) is 9.97 Å². The van der Waals surface area contributed by atoms with Crippen molar-refractivity contribution in [1.29, 1.82) is 0 Å². The summed E-state index contributed by atoms with van der Waals surface area (Å²) in [7, 11) is 0. The van der Waals surface area contributed by atoms with Crippen molar-refractivity contribution in [3.63, 3.8) is 0 Å². The van der Waals surface area contributed by atoms with Crippen LogP contribution in [-0.2, 0) is 0 Å². The molecule has 2 nitrogen and oxygen atoms in total. The second kappa shape index (κ2) is 6.26. The highest BCUT2D eigenvalue weighted by molar-refractivity contribution is 7.23. The van der Waals surface area contributed by atoms with Crippen molar-refractivity contribution >= 4 is 22.7 Å². The van der Waals surface area contributed by atoms with Crippen LogP contribution < -0.4 is 0 Å². The number of thiazole rings is 2. The van der Waals surface area contributed by atoms with Gasteiger partial charge in [0.15, 0.2) is 0 Å². The van der Waals surface area contributed by atoms with Crippen molar-refractivity contribution in [2.45, 2.75) is 6.92 Å². The average molecular weight is 352 g/mol. The lowest BCUT2D eigenvalue weighted by atomic mass is 10.2. The minimum atomic E-state index is -0.236. The van der Waals surface area contributed by atoms with E-state index in [4.69, 9.17) is 4.98 Å². The zero-order valence-electron chi connectivity index (χ0n) is 12.9. The maximum atomic E-state index is 13.1. The van der Waals surface area contributed by atoms with Gasteiger partial charge in [-0.15, -0.1) is 22.7 Å². The molecule has 0 fully saturated rings. The van der Waals surface area contributed by atoms with E-state index < -0.39 is 0 Å². The molecule has 2 aromatic heterocycles. The Morgan fingerprint density at radius 3 is 2.33 bits per heavy atom. The van der Waals surface area contributed by atoms with Gasteiger partial charge in [-0.1, -0.05) is 30.3 Å². The first-order chi connectivity index (χ1) is 11.7. The Kier molecular flexibility index (Phi) is 3.96. The predicted molar refractivity (Wildman–Crippen MR) is 98.8 cm³/mol. The SMILES string of the molecule is Cc1nc(-c2ccccc2)sc1-c1nc(-c2ccc(F)cc2)cs1. The Morgan fingerprint density at radius 1 is 0.833 bits per heavy atom. The van der Waals surface area contributed by atoms with Gasteiger partial charge in [0.1, 0.15) is 15.8 Å². The molecule has 0 aliphatic heterocycles. The maximum absolute atomic E-state index is 13.1. The van der Waals surface area contributed by atoms with Gasteiger partial charge >= 0.3 is 0 Å². The fraction of sp³-hybridized carbons (Fsp3) is 0.0526. The van der Waals surface area contributed by atoms with E-state index in [-0.39, 0.29) is 5.82 Å². The fourth-order valence-corrected chi connectivity index (χ4v) is 4.47. The van der Waals surface area contributed by atoms with E-state index in [1.807, 2.05) is 30.5 Å². The molecule has 0 N–H and O–H groups in total. The molecule has 0 bridgehead atoms. The van der Waals surface area contributed by atoms with Crippen molar-refractivity contribution in [3.05, 3.63) is 71.5 Å². The van der Waals surface area contributed by atoms with Crippen molar-refractivity contribution in [3.8, 4) is 31.7 Å². The van der Waals surface area contributed by atoms with E-state index >= 15 is 0 Å². The largest absolute Gasteiger partial charge is 0.241 e. The zero-order valence-corrected chi connectivity index (χ0v) is 14.5. The Morgan fingerprint density at radius 2 is 1.58 bits per heavy atom. The van der Waals surface area contributed by atoms with Crippen LogP contribution in [-0.4, -0.2) is 9.97 Å². The summed E-state index contributed by atoms with van der Waals surface area (Å²) in [6.45, 7) is 2.01. The molecule has 2 heterocycles. The fourth-order valence-electron chi connectivity index (χ4n) is 2.43. The maximum Gasteiger partial charge on any atom is 0.135 e. The number of halogens is 1. The van der Waals surface area contributed by atoms with Gasteiger partial charge in [-0.3, -0.25) is 0 Å². The number of hydrogen-bond acceptors (Lipinski definition) is 4. The third kappa shape index (κ3) is 2.88. The van der Waals surface area contributed by atoms with E-state index in [0.29, 0.717) is 0 Å². The molecule has 0 unspecified atom stereocenters. The highest BCUT2D eigenvalue weighted by atomic mass is 32.1. The molecule has 0 spiro atoms. The Balaban J connectivity index is 1.70. The summed E-state index contributed by atoms with van der Waals surface area (Å²) >= 11 is 3.24. The quantitative estimate of drug-likeness (QED) is 0.449. The van der Waals surface area contributed by atoms with Gasteiger partial charge in [0, 0.05) is 16.5 Å². The molecule has 24 heavy (non-hydrogen) atoms. The highest BCUT2D eigenvalue weighted by Crippen LogP contribution is 2.37. The summed E-state index contributed by atoms with van der Waals surface area (Å²) in [6.07, 6.45) is 0. The van der Waals surface area contributed by atoms with Gasteiger partial charge in [0.05, 0.1) is 16.3 Å². The molecule has 0 saturated heterocycles. The summed E-state index contributed by atoms with van der Waals surface area (Å²) in [5, 5.41) is 3.96. The molecule has 0 aliphatic rings. The molecule has 0 amide bonds. The number of benzene rings is 2. The van der Waals surface area contributed by atoms with Crippen molar-refractivity contribution in [2.24, 2.45) is 0 Å². The van der Waals surface area contributed by atoms with Crippen LogP contribution in [0.3, 0.4) is 0 Å². The van der Waals surface area contributed by atoms with Crippen LogP contribution in [0.4, 0.5) is 4.39 Å². The lowest BCUT2D eigenvalue weighted by Gasteiger charge is -1.96. The second-order valence-corrected chi connectivity index (χ2v) is 7.20. The summed E-state index contributed by atoms with van der Waals surface area (Å²) in [5.74, 6) is -0.236. The lowest BCUT2D eigenvalue weighted by molar-refractivity contribution is 0.628. The van der Waals surface area contributed by atoms with Gasteiger partial charge < -0.3 is 0 Å². The minimum absolute atomic E-state index is 0.236. The smallest absolute Gasteiger partial charge is 0.135 e. The molecule has 4 aromatic rings. The molecule has 4 rings (SSSR count). The van der Waals surface area contributed by atoms with Gasteiger partial charge in [-0.25, -0.2) is 14.4 Å². The molecule has 0 atom stereocenters. The van der Waals surface area contributed by atoms with Crippen LogP contribution in [0.25, 0.3) is 31.7 Å². The molecule has 118 valence electrons. The van der Waals surface area contributed by atoms with E-state index in [0.717, 1.165) is 37.4 Å².